The zero-order valence-electron chi connectivity index (χ0n) is 10.9. The van der Waals surface area contributed by atoms with Crippen LogP contribution in [0, 0.1) is 6.92 Å². The first kappa shape index (κ1) is 14.1. The van der Waals surface area contributed by atoms with Gasteiger partial charge in [0.25, 0.3) is 5.91 Å². The summed E-state index contributed by atoms with van der Waals surface area (Å²) in [5, 5.41) is 3.21. The van der Waals surface area contributed by atoms with E-state index in [0.29, 0.717) is 22.3 Å². The molecule has 1 heterocycles. The summed E-state index contributed by atoms with van der Waals surface area (Å²) in [5.41, 5.74) is 6.94. The molecular weight excluding hydrogens is 278 g/mol. The lowest BCUT2D eigenvalue weighted by Crippen LogP contribution is -2.21. The van der Waals surface area contributed by atoms with Crippen LogP contribution in [0.25, 0.3) is 0 Å². The maximum atomic E-state index is 11.8. The molecule has 0 spiro atoms. The average molecular weight is 292 g/mol. The van der Waals surface area contributed by atoms with Gasteiger partial charge in [0.1, 0.15) is 11.6 Å². The predicted molar refractivity (Wildman–Crippen MR) is 79.0 cm³/mol. The molecule has 0 bridgehead atoms. The highest BCUT2D eigenvalue weighted by molar-refractivity contribution is 6.30. The van der Waals surface area contributed by atoms with Gasteiger partial charge in [-0.05, 0) is 36.8 Å². The highest BCUT2D eigenvalue weighted by Crippen LogP contribution is 2.17. The van der Waals surface area contributed by atoms with E-state index in [1.165, 1.54) is 6.20 Å². The van der Waals surface area contributed by atoms with Crippen molar-refractivity contribution in [2.45, 2.75) is 6.92 Å². The van der Waals surface area contributed by atoms with E-state index in [0.717, 1.165) is 5.56 Å². The number of nitrogens with one attached hydrogen (secondary N) is 1. The summed E-state index contributed by atoms with van der Waals surface area (Å²) in [4.78, 5) is 15.8. The number of benzene rings is 1. The highest BCUT2D eigenvalue weighted by atomic mass is 35.5. The molecule has 0 atom stereocenters. The number of pyridine rings is 1. The van der Waals surface area contributed by atoms with Gasteiger partial charge in [-0.15, -0.1) is 0 Å². The van der Waals surface area contributed by atoms with Crippen LogP contribution in [0.3, 0.4) is 0 Å². The number of hydrogen-bond acceptors (Lipinski definition) is 4. The van der Waals surface area contributed by atoms with E-state index in [4.69, 9.17) is 22.1 Å². The van der Waals surface area contributed by atoms with E-state index < -0.39 is 0 Å². The molecule has 0 saturated heterocycles. The summed E-state index contributed by atoms with van der Waals surface area (Å²) >= 11 is 5.82. The van der Waals surface area contributed by atoms with Crippen molar-refractivity contribution >= 4 is 29.0 Å². The van der Waals surface area contributed by atoms with E-state index >= 15 is 0 Å². The second-order valence-corrected chi connectivity index (χ2v) is 4.66. The van der Waals surface area contributed by atoms with Crippen molar-refractivity contribution in [3.63, 3.8) is 0 Å². The van der Waals surface area contributed by atoms with Crippen LogP contribution in [0.1, 0.15) is 5.56 Å². The number of nitrogen functional groups attached to an aromatic ring is 1. The number of aryl methyl sites for hydroxylation is 1. The molecule has 0 aliphatic rings. The summed E-state index contributed by atoms with van der Waals surface area (Å²) in [6.45, 7) is 1.70. The monoisotopic (exact) mass is 291 g/mol. The number of aromatic nitrogens is 1. The largest absolute Gasteiger partial charge is 0.484 e. The molecule has 20 heavy (non-hydrogen) atoms. The number of rotatable bonds is 4. The van der Waals surface area contributed by atoms with Crippen molar-refractivity contribution in [2.75, 3.05) is 17.7 Å². The van der Waals surface area contributed by atoms with Crippen molar-refractivity contribution in [1.29, 1.82) is 0 Å². The number of carbonyl (C=O) groups excluding carboxylic acids is 1. The van der Waals surface area contributed by atoms with Gasteiger partial charge < -0.3 is 15.8 Å². The zero-order valence-corrected chi connectivity index (χ0v) is 11.6. The van der Waals surface area contributed by atoms with E-state index in [1.807, 2.05) is 6.92 Å². The molecule has 2 rings (SSSR count). The molecule has 5 nitrogen and oxygen atoms in total. The molecule has 2 aromatic rings. The third-order valence-electron chi connectivity index (χ3n) is 2.52. The maximum absolute atomic E-state index is 11.8. The predicted octanol–water partition coefficient (Wildman–Crippen LogP) is 2.64. The molecule has 0 saturated carbocycles. The van der Waals surface area contributed by atoms with Gasteiger partial charge in [-0.2, -0.15) is 0 Å². The first-order valence-electron chi connectivity index (χ1n) is 5.95. The van der Waals surface area contributed by atoms with Gasteiger partial charge in [0.05, 0.1) is 11.9 Å². The maximum Gasteiger partial charge on any atom is 0.263 e. The minimum atomic E-state index is -0.301. The van der Waals surface area contributed by atoms with Crippen molar-refractivity contribution in [3.8, 4) is 5.75 Å². The summed E-state index contributed by atoms with van der Waals surface area (Å²) in [6.07, 6.45) is 1.49. The molecule has 0 aliphatic heterocycles. The second-order valence-electron chi connectivity index (χ2n) is 4.23. The van der Waals surface area contributed by atoms with Crippen LogP contribution in [0.15, 0.2) is 36.5 Å². The first-order valence-corrected chi connectivity index (χ1v) is 6.33. The molecule has 1 amide bonds. The Labute approximate surface area is 121 Å². The van der Waals surface area contributed by atoms with Gasteiger partial charge in [-0.3, -0.25) is 4.79 Å². The van der Waals surface area contributed by atoms with Gasteiger partial charge in [0.15, 0.2) is 6.61 Å². The van der Waals surface area contributed by atoms with E-state index in [9.17, 15) is 4.79 Å². The van der Waals surface area contributed by atoms with E-state index in [-0.39, 0.29) is 12.5 Å². The van der Waals surface area contributed by atoms with Crippen LogP contribution in [0.2, 0.25) is 5.02 Å². The molecule has 104 valence electrons. The van der Waals surface area contributed by atoms with Gasteiger partial charge in [0.2, 0.25) is 0 Å². The minimum Gasteiger partial charge on any atom is -0.484 e. The Morgan fingerprint density at radius 2 is 2.25 bits per heavy atom. The fraction of sp³-hybridized carbons (Fsp3) is 0.143. The number of hydrogen-bond donors (Lipinski definition) is 2. The van der Waals surface area contributed by atoms with Crippen LogP contribution in [0.4, 0.5) is 11.5 Å². The highest BCUT2D eigenvalue weighted by Gasteiger charge is 2.07. The number of amides is 1. The van der Waals surface area contributed by atoms with Gasteiger partial charge in [-0.1, -0.05) is 17.7 Å². The molecule has 6 heteroatoms. The van der Waals surface area contributed by atoms with Gasteiger partial charge in [0, 0.05) is 5.02 Å². The minimum absolute atomic E-state index is 0.119. The summed E-state index contributed by atoms with van der Waals surface area (Å²) in [6, 6.07) is 8.59. The molecule has 0 aliphatic carbocycles. The molecule has 1 aromatic carbocycles. The van der Waals surface area contributed by atoms with Gasteiger partial charge >= 0.3 is 0 Å². The molecule has 0 unspecified atom stereocenters. The number of carbonyl (C=O) groups is 1. The third kappa shape index (κ3) is 3.86. The van der Waals surface area contributed by atoms with Gasteiger partial charge in [-0.25, -0.2) is 4.98 Å². The Morgan fingerprint density at radius 3 is 2.95 bits per heavy atom. The van der Waals surface area contributed by atoms with Crippen molar-refractivity contribution in [3.05, 3.63) is 47.1 Å². The Kier molecular flexibility index (Phi) is 4.42. The summed E-state index contributed by atoms with van der Waals surface area (Å²) in [5.74, 6) is 0.707. The molecular formula is C14H14ClN3O2. The fourth-order valence-electron chi connectivity index (χ4n) is 1.60. The fourth-order valence-corrected chi connectivity index (χ4v) is 1.78. The zero-order chi connectivity index (χ0) is 14.5. The molecule has 1 aromatic heterocycles. The van der Waals surface area contributed by atoms with E-state index in [2.05, 4.69) is 10.3 Å². The lowest BCUT2D eigenvalue weighted by Gasteiger charge is -2.09. The SMILES string of the molecule is Cc1cc(N)cnc1NC(=O)COc1cccc(Cl)c1. The van der Waals surface area contributed by atoms with Crippen molar-refractivity contribution in [1.82, 2.24) is 4.98 Å². The second kappa shape index (κ2) is 6.25. The Morgan fingerprint density at radius 1 is 1.45 bits per heavy atom. The topological polar surface area (TPSA) is 77.2 Å². The summed E-state index contributed by atoms with van der Waals surface area (Å²) < 4.78 is 5.34. The Balaban J connectivity index is 1.92. The molecule has 0 radical (unpaired) electrons. The number of ether oxygens (including phenoxy) is 1. The number of anilines is 2. The normalized spacial score (nSPS) is 10.1. The van der Waals surface area contributed by atoms with Crippen LogP contribution >= 0.6 is 11.6 Å². The average Bonchev–Trinajstić information content (AvgIpc) is 2.40. The molecule has 0 fully saturated rings. The summed E-state index contributed by atoms with van der Waals surface area (Å²) in [7, 11) is 0. The molecule has 3 N–H and O–H groups in total. The number of nitrogens with two attached hydrogens (primary N) is 1. The Hall–Kier alpha value is -2.27. The third-order valence-corrected chi connectivity index (χ3v) is 2.76. The van der Waals surface area contributed by atoms with Crippen LogP contribution in [-0.2, 0) is 4.79 Å². The van der Waals surface area contributed by atoms with Crippen LogP contribution in [-0.4, -0.2) is 17.5 Å². The lowest BCUT2D eigenvalue weighted by molar-refractivity contribution is -0.118. The smallest absolute Gasteiger partial charge is 0.263 e. The first-order chi connectivity index (χ1) is 9.54. The number of nitrogens with zero attached hydrogens (tertiary/aromatic N) is 1. The number of halogens is 1. The van der Waals surface area contributed by atoms with Crippen LogP contribution < -0.4 is 15.8 Å². The van der Waals surface area contributed by atoms with Crippen molar-refractivity contribution < 1.29 is 9.53 Å². The quantitative estimate of drug-likeness (QED) is 0.908. The lowest BCUT2D eigenvalue weighted by atomic mass is 10.2. The van der Waals surface area contributed by atoms with Crippen molar-refractivity contribution in [2.24, 2.45) is 0 Å². The van der Waals surface area contributed by atoms with E-state index in [1.54, 1.807) is 30.3 Å². The Bertz CT molecular complexity index is 632. The standard InChI is InChI=1S/C14H14ClN3O2/c1-9-5-11(16)7-17-14(9)18-13(19)8-20-12-4-2-3-10(15)6-12/h2-7H,8,16H2,1H3,(H,17,18,19). The van der Waals surface area contributed by atoms with Crippen LogP contribution in [0.5, 0.6) is 5.75 Å².